The number of amides is 1. The SMILES string of the molecule is COc1ccc(Cl)cc1S(=O)(=O)c1c(C(=O)N2CCCCC2)cnc2ccccc12. The quantitative estimate of drug-likeness (QED) is 0.597. The molecular formula is C22H21ClN2O4S. The summed E-state index contributed by atoms with van der Waals surface area (Å²) in [5, 5.41) is 0.652. The summed E-state index contributed by atoms with van der Waals surface area (Å²) in [4.78, 5) is 19.2. The monoisotopic (exact) mass is 444 g/mol. The lowest BCUT2D eigenvalue weighted by molar-refractivity contribution is 0.0720. The molecule has 1 aromatic heterocycles. The van der Waals surface area contributed by atoms with Gasteiger partial charge in [-0.25, -0.2) is 8.42 Å². The first-order chi connectivity index (χ1) is 14.4. The van der Waals surface area contributed by atoms with Gasteiger partial charge in [-0.3, -0.25) is 9.78 Å². The second-order valence-electron chi connectivity index (χ2n) is 7.17. The number of carbonyl (C=O) groups is 1. The van der Waals surface area contributed by atoms with Crippen molar-refractivity contribution in [2.45, 2.75) is 29.1 Å². The molecule has 2 aromatic carbocycles. The number of para-hydroxylation sites is 1. The molecule has 1 aliphatic rings. The van der Waals surface area contributed by atoms with Gasteiger partial charge in [0.1, 0.15) is 10.6 Å². The molecule has 0 N–H and O–H groups in total. The van der Waals surface area contributed by atoms with Crippen molar-refractivity contribution >= 4 is 38.2 Å². The van der Waals surface area contributed by atoms with E-state index in [-0.39, 0.29) is 32.0 Å². The Morgan fingerprint density at radius 3 is 2.57 bits per heavy atom. The molecule has 1 amide bonds. The van der Waals surface area contributed by atoms with Crippen LogP contribution in [0.4, 0.5) is 0 Å². The molecule has 0 bridgehead atoms. The molecule has 0 aliphatic carbocycles. The van der Waals surface area contributed by atoms with Gasteiger partial charge in [-0.1, -0.05) is 29.8 Å². The molecular weight excluding hydrogens is 424 g/mol. The summed E-state index contributed by atoms with van der Waals surface area (Å²) in [5.41, 5.74) is 0.560. The van der Waals surface area contributed by atoms with E-state index in [1.807, 2.05) is 0 Å². The van der Waals surface area contributed by atoms with Crippen molar-refractivity contribution in [3.05, 3.63) is 59.2 Å². The number of ether oxygens (including phenoxy) is 1. The zero-order chi connectivity index (χ0) is 21.3. The van der Waals surface area contributed by atoms with E-state index in [1.54, 1.807) is 35.2 Å². The fourth-order valence-corrected chi connectivity index (χ4v) is 5.84. The average Bonchev–Trinajstić information content (AvgIpc) is 2.78. The number of nitrogens with zero attached hydrogens (tertiary/aromatic N) is 2. The molecule has 1 aliphatic heterocycles. The van der Waals surface area contributed by atoms with Crippen molar-refractivity contribution in [2.75, 3.05) is 20.2 Å². The number of hydrogen-bond donors (Lipinski definition) is 0. The number of benzene rings is 2. The van der Waals surface area contributed by atoms with Crippen LogP contribution < -0.4 is 4.74 Å². The lowest BCUT2D eigenvalue weighted by Gasteiger charge is -2.27. The third-order valence-electron chi connectivity index (χ3n) is 5.28. The van der Waals surface area contributed by atoms with Crippen molar-refractivity contribution in [3.63, 3.8) is 0 Å². The fourth-order valence-electron chi connectivity index (χ4n) is 3.80. The first-order valence-corrected chi connectivity index (χ1v) is 11.6. The van der Waals surface area contributed by atoms with Gasteiger partial charge in [0.15, 0.2) is 0 Å². The first-order valence-electron chi connectivity index (χ1n) is 9.69. The van der Waals surface area contributed by atoms with Gasteiger partial charge < -0.3 is 9.64 Å². The van der Waals surface area contributed by atoms with Gasteiger partial charge in [0, 0.05) is 29.7 Å². The second-order valence-corrected chi connectivity index (χ2v) is 9.46. The number of methoxy groups -OCH3 is 1. The molecule has 0 atom stereocenters. The Labute approximate surface area is 180 Å². The molecule has 0 radical (unpaired) electrons. The van der Waals surface area contributed by atoms with Crippen LogP contribution in [0.5, 0.6) is 5.75 Å². The maximum absolute atomic E-state index is 13.9. The highest BCUT2D eigenvalue weighted by molar-refractivity contribution is 7.92. The number of aromatic nitrogens is 1. The van der Waals surface area contributed by atoms with E-state index >= 15 is 0 Å². The van der Waals surface area contributed by atoms with Crippen LogP contribution in [0.25, 0.3) is 10.9 Å². The number of likely N-dealkylation sites (tertiary alicyclic amines) is 1. The van der Waals surface area contributed by atoms with Crippen molar-refractivity contribution in [3.8, 4) is 5.75 Å². The van der Waals surface area contributed by atoms with Crippen LogP contribution in [0.3, 0.4) is 0 Å². The van der Waals surface area contributed by atoms with E-state index in [4.69, 9.17) is 16.3 Å². The van der Waals surface area contributed by atoms with Gasteiger partial charge in [-0.15, -0.1) is 0 Å². The smallest absolute Gasteiger partial charge is 0.256 e. The van der Waals surface area contributed by atoms with Crippen LogP contribution in [-0.2, 0) is 9.84 Å². The number of rotatable bonds is 4. The maximum atomic E-state index is 13.9. The maximum Gasteiger partial charge on any atom is 0.256 e. The molecule has 1 saturated heterocycles. The highest BCUT2D eigenvalue weighted by Crippen LogP contribution is 2.36. The number of hydrogen-bond acceptors (Lipinski definition) is 5. The predicted octanol–water partition coefficient (Wildman–Crippen LogP) is 4.36. The molecule has 6 nitrogen and oxygen atoms in total. The summed E-state index contributed by atoms with van der Waals surface area (Å²) in [6.07, 6.45) is 4.22. The Balaban J connectivity index is 1.99. The molecule has 30 heavy (non-hydrogen) atoms. The second kappa shape index (κ2) is 8.24. The Bertz CT molecular complexity index is 1220. The molecule has 156 valence electrons. The van der Waals surface area contributed by atoms with Gasteiger partial charge in [0.05, 0.1) is 23.1 Å². The molecule has 8 heteroatoms. The highest BCUT2D eigenvalue weighted by atomic mass is 35.5. The third-order valence-corrected chi connectivity index (χ3v) is 7.39. The van der Waals surface area contributed by atoms with Gasteiger partial charge in [-0.05, 0) is 43.5 Å². The predicted molar refractivity (Wildman–Crippen MR) is 115 cm³/mol. The van der Waals surface area contributed by atoms with Crippen molar-refractivity contribution in [2.24, 2.45) is 0 Å². The minimum atomic E-state index is -4.14. The number of fused-ring (bicyclic) bond motifs is 1. The molecule has 0 spiro atoms. The first kappa shape index (κ1) is 20.6. The lowest BCUT2D eigenvalue weighted by Crippen LogP contribution is -2.36. The number of halogens is 1. The van der Waals surface area contributed by atoms with Gasteiger partial charge in [-0.2, -0.15) is 0 Å². The normalized spacial score (nSPS) is 14.7. The van der Waals surface area contributed by atoms with E-state index in [1.165, 1.54) is 25.4 Å². The molecule has 0 saturated carbocycles. The molecule has 1 fully saturated rings. The van der Waals surface area contributed by atoms with E-state index < -0.39 is 9.84 Å². The molecule has 4 rings (SSSR count). The minimum Gasteiger partial charge on any atom is -0.495 e. The Hall–Kier alpha value is -2.64. The van der Waals surface area contributed by atoms with Crippen LogP contribution in [0.15, 0.2) is 58.5 Å². The summed E-state index contributed by atoms with van der Waals surface area (Å²) in [5.74, 6) is -0.163. The van der Waals surface area contributed by atoms with E-state index in [0.29, 0.717) is 24.0 Å². The third kappa shape index (κ3) is 3.63. The van der Waals surface area contributed by atoms with Crippen molar-refractivity contribution < 1.29 is 17.9 Å². The zero-order valence-electron chi connectivity index (χ0n) is 16.5. The van der Waals surface area contributed by atoms with Crippen molar-refractivity contribution in [1.29, 1.82) is 0 Å². The number of sulfone groups is 1. The van der Waals surface area contributed by atoms with Crippen LogP contribution in [-0.4, -0.2) is 44.4 Å². The van der Waals surface area contributed by atoms with Gasteiger partial charge >= 0.3 is 0 Å². The van der Waals surface area contributed by atoms with E-state index in [0.717, 1.165) is 19.3 Å². The Morgan fingerprint density at radius 1 is 1.10 bits per heavy atom. The number of pyridine rings is 1. The van der Waals surface area contributed by atoms with E-state index in [9.17, 15) is 13.2 Å². The average molecular weight is 445 g/mol. The van der Waals surface area contributed by atoms with Crippen LogP contribution in [0, 0.1) is 0 Å². The summed E-state index contributed by atoms with van der Waals surface area (Å²) in [6, 6.07) is 11.3. The van der Waals surface area contributed by atoms with Crippen LogP contribution >= 0.6 is 11.6 Å². The van der Waals surface area contributed by atoms with Crippen LogP contribution in [0.1, 0.15) is 29.6 Å². The summed E-state index contributed by atoms with van der Waals surface area (Å²) in [6.45, 7) is 1.21. The van der Waals surface area contributed by atoms with Crippen LogP contribution in [0.2, 0.25) is 5.02 Å². The number of carbonyl (C=O) groups excluding carboxylic acids is 1. The molecule has 3 aromatic rings. The van der Waals surface area contributed by atoms with Gasteiger partial charge in [0.25, 0.3) is 5.91 Å². The number of piperidine rings is 1. The van der Waals surface area contributed by atoms with Crippen molar-refractivity contribution in [1.82, 2.24) is 9.88 Å². The summed E-state index contributed by atoms with van der Waals surface area (Å²) >= 11 is 6.10. The lowest BCUT2D eigenvalue weighted by atomic mass is 10.1. The highest BCUT2D eigenvalue weighted by Gasteiger charge is 2.32. The molecule has 0 unspecified atom stereocenters. The fraction of sp³-hybridized carbons (Fsp3) is 0.273. The largest absolute Gasteiger partial charge is 0.495 e. The summed E-state index contributed by atoms with van der Waals surface area (Å²) in [7, 11) is -2.75. The zero-order valence-corrected chi connectivity index (χ0v) is 18.0. The standard InChI is InChI=1S/C22H21ClN2O4S/c1-29-19-10-9-15(23)13-20(19)30(27,28)21-16-7-3-4-8-18(16)24-14-17(21)22(26)25-11-5-2-6-12-25/h3-4,7-10,13-14H,2,5-6,11-12H2,1H3. The summed E-state index contributed by atoms with van der Waals surface area (Å²) < 4.78 is 33.0. The minimum absolute atomic E-state index is 0.0655. The topological polar surface area (TPSA) is 76.6 Å². The van der Waals surface area contributed by atoms with E-state index in [2.05, 4.69) is 4.98 Å². The Kier molecular flexibility index (Phi) is 5.66. The van der Waals surface area contributed by atoms with Gasteiger partial charge in [0.2, 0.25) is 9.84 Å². The molecule has 2 heterocycles. The Morgan fingerprint density at radius 2 is 1.83 bits per heavy atom.